The zero-order valence-corrected chi connectivity index (χ0v) is 15.3. The lowest BCUT2D eigenvalue weighted by molar-refractivity contribution is 0.250. The van der Waals surface area contributed by atoms with E-state index in [1.54, 1.807) is 0 Å². The number of hydrogen-bond acceptors (Lipinski definition) is 4. The van der Waals surface area contributed by atoms with Crippen LogP contribution in [0.2, 0.25) is 0 Å². The summed E-state index contributed by atoms with van der Waals surface area (Å²) in [6, 6.07) is 12.9. The number of sulfone groups is 1. The molecular weight excluding hydrogens is 360 g/mol. The van der Waals surface area contributed by atoms with E-state index in [2.05, 4.69) is 21.5 Å². The van der Waals surface area contributed by atoms with Crippen LogP contribution in [0.3, 0.4) is 0 Å². The van der Waals surface area contributed by atoms with Crippen molar-refractivity contribution in [1.29, 1.82) is 0 Å². The van der Waals surface area contributed by atoms with E-state index in [1.165, 1.54) is 24.3 Å². The van der Waals surface area contributed by atoms with Gasteiger partial charge >= 0.3 is 6.03 Å². The van der Waals surface area contributed by atoms with E-state index in [1.807, 2.05) is 31.2 Å². The standard InChI is InChI=1S/C16H18N4O3S2/c1-11-3-5-13(6-4-11)18-16(24)20-19-15(21)17-12-7-9-14(10-8-12)25(2,22)23/h3-10H,1-2H3,(H2,17,19,21)(H2,18,20,24). The first kappa shape index (κ1) is 18.7. The van der Waals surface area contributed by atoms with Crippen LogP contribution < -0.4 is 21.5 Å². The van der Waals surface area contributed by atoms with Crippen molar-refractivity contribution in [2.75, 3.05) is 16.9 Å². The number of hydrogen-bond donors (Lipinski definition) is 4. The highest BCUT2D eigenvalue weighted by atomic mass is 32.2. The van der Waals surface area contributed by atoms with Crippen LogP contribution in [0.5, 0.6) is 0 Å². The van der Waals surface area contributed by atoms with E-state index in [0.717, 1.165) is 17.5 Å². The Balaban J connectivity index is 1.82. The molecule has 0 spiro atoms. The van der Waals surface area contributed by atoms with Crippen LogP contribution in [0.1, 0.15) is 5.56 Å². The molecule has 0 radical (unpaired) electrons. The van der Waals surface area contributed by atoms with Crippen LogP contribution in [-0.2, 0) is 9.84 Å². The average Bonchev–Trinajstić information content (AvgIpc) is 2.55. The molecule has 2 amide bonds. The molecule has 4 N–H and O–H groups in total. The summed E-state index contributed by atoms with van der Waals surface area (Å²) < 4.78 is 22.8. The Morgan fingerprint density at radius 1 is 0.880 bits per heavy atom. The van der Waals surface area contributed by atoms with Gasteiger partial charge < -0.3 is 10.6 Å². The number of rotatable bonds is 3. The van der Waals surface area contributed by atoms with Gasteiger partial charge in [0.15, 0.2) is 14.9 Å². The van der Waals surface area contributed by atoms with Crippen molar-refractivity contribution in [1.82, 2.24) is 10.9 Å². The Morgan fingerprint density at radius 2 is 1.40 bits per heavy atom. The largest absolute Gasteiger partial charge is 0.337 e. The molecule has 0 saturated carbocycles. The Bertz CT molecular complexity index is 863. The molecule has 25 heavy (non-hydrogen) atoms. The van der Waals surface area contributed by atoms with Crippen molar-refractivity contribution in [3.05, 3.63) is 54.1 Å². The van der Waals surface area contributed by atoms with Crippen molar-refractivity contribution in [3.8, 4) is 0 Å². The molecule has 0 heterocycles. The fourth-order valence-electron chi connectivity index (χ4n) is 1.86. The molecule has 7 nitrogen and oxygen atoms in total. The van der Waals surface area contributed by atoms with Gasteiger partial charge in [0.05, 0.1) is 4.90 Å². The summed E-state index contributed by atoms with van der Waals surface area (Å²) >= 11 is 5.08. The van der Waals surface area contributed by atoms with Gasteiger partial charge in [-0.05, 0) is 55.5 Å². The van der Waals surface area contributed by atoms with Gasteiger partial charge in [-0.3, -0.25) is 5.43 Å². The summed E-state index contributed by atoms with van der Waals surface area (Å²) in [6.45, 7) is 1.98. The molecule has 9 heteroatoms. The molecule has 0 aliphatic heterocycles. The number of anilines is 2. The highest BCUT2D eigenvalue weighted by Crippen LogP contribution is 2.13. The van der Waals surface area contributed by atoms with E-state index < -0.39 is 15.9 Å². The third kappa shape index (κ3) is 6.05. The number of carbonyl (C=O) groups is 1. The summed E-state index contributed by atoms with van der Waals surface area (Å²) in [5, 5.41) is 5.70. The monoisotopic (exact) mass is 378 g/mol. The Labute approximate surface area is 151 Å². The predicted molar refractivity (Wildman–Crippen MR) is 102 cm³/mol. The minimum Gasteiger partial charge on any atom is -0.331 e. The number of urea groups is 1. The first-order valence-electron chi connectivity index (χ1n) is 7.25. The summed E-state index contributed by atoms with van der Waals surface area (Å²) in [5.41, 5.74) is 7.32. The summed E-state index contributed by atoms with van der Waals surface area (Å²) in [6.07, 6.45) is 1.12. The van der Waals surface area contributed by atoms with Crippen LogP contribution in [0.15, 0.2) is 53.4 Å². The van der Waals surface area contributed by atoms with E-state index >= 15 is 0 Å². The fraction of sp³-hybridized carbons (Fsp3) is 0.125. The Hall–Kier alpha value is -2.65. The fourth-order valence-corrected chi connectivity index (χ4v) is 2.66. The Kier molecular flexibility index (Phi) is 5.94. The first-order chi connectivity index (χ1) is 11.7. The third-order valence-electron chi connectivity index (χ3n) is 3.14. The average molecular weight is 378 g/mol. The molecule has 0 unspecified atom stereocenters. The van der Waals surface area contributed by atoms with Crippen molar-refractivity contribution >= 4 is 44.6 Å². The number of aryl methyl sites for hydroxylation is 1. The topological polar surface area (TPSA) is 99.3 Å². The van der Waals surface area contributed by atoms with Crippen molar-refractivity contribution in [3.63, 3.8) is 0 Å². The normalized spacial score (nSPS) is 10.6. The summed E-state index contributed by atoms with van der Waals surface area (Å²) in [5.74, 6) is 0. The number of thiocarbonyl (C=S) groups is 1. The van der Waals surface area contributed by atoms with Crippen LogP contribution in [0.25, 0.3) is 0 Å². The molecule has 0 bridgehead atoms. The lowest BCUT2D eigenvalue weighted by Gasteiger charge is -2.12. The second-order valence-corrected chi connectivity index (χ2v) is 7.74. The van der Waals surface area contributed by atoms with Crippen LogP contribution in [0.4, 0.5) is 16.2 Å². The lowest BCUT2D eigenvalue weighted by Crippen LogP contribution is -2.45. The van der Waals surface area contributed by atoms with Crippen LogP contribution in [0, 0.1) is 6.92 Å². The molecule has 2 aromatic rings. The van der Waals surface area contributed by atoms with Gasteiger partial charge in [-0.1, -0.05) is 17.7 Å². The zero-order chi connectivity index (χ0) is 18.4. The zero-order valence-electron chi connectivity index (χ0n) is 13.7. The quantitative estimate of drug-likeness (QED) is 0.484. The third-order valence-corrected chi connectivity index (χ3v) is 4.47. The second-order valence-electron chi connectivity index (χ2n) is 5.32. The minimum atomic E-state index is -3.27. The van der Waals surface area contributed by atoms with Crippen molar-refractivity contribution in [2.45, 2.75) is 11.8 Å². The lowest BCUT2D eigenvalue weighted by atomic mass is 10.2. The minimum absolute atomic E-state index is 0.181. The molecule has 2 rings (SSSR count). The molecule has 0 fully saturated rings. The Morgan fingerprint density at radius 3 is 1.96 bits per heavy atom. The second kappa shape index (κ2) is 7.95. The maximum absolute atomic E-state index is 11.8. The van der Waals surface area contributed by atoms with Gasteiger partial charge in [-0.15, -0.1) is 0 Å². The first-order valence-corrected chi connectivity index (χ1v) is 9.55. The van der Waals surface area contributed by atoms with Gasteiger partial charge in [-0.2, -0.15) is 0 Å². The summed E-state index contributed by atoms with van der Waals surface area (Å²) in [7, 11) is -3.27. The SMILES string of the molecule is Cc1ccc(NC(=S)NNC(=O)Nc2ccc(S(C)(=O)=O)cc2)cc1. The van der Waals surface area contributed by atoms with Gasteiger partial charge in [0.25, 0.3) is 0 Å². The molecule has 0 aliphatic rings. The maximum atomic E-state index is 11.8. The molecule has 0 saturated heterocycles. The molecule has 0 atom stereocenters. The number of benzene rings is 2. The molecule has 0 aromatic heterocycles. The number of carbonyl (C=O) groups excluding carboxylic acids is 1. The molecule has 2 aromatic carbocycles. The van der Waals surface area contributed by atoms with Gasteiger partial charge in [0, 0.05) is 17.6 Å². The van der Waals surface area contributed by atoms with E-state index in [4.69, 9.17) is 12.2 Å². The van der Waals surface area contributed by atoms with E-state index in [9.17, 15) is 13.2 Å². The predicted octanol–water partition coefficient (Wildman–Crippen LogP) is 2.42. The van der Waals surface area contributed by atoms with Gasteiger partial charge in [0.1, 0.15) is 0 Å². The number of hydrazine groups is 1. The smallest absolute Gasteiger partial charge is 0.331 e. The van der Waals surface area contributed by atoms with E-state index in [0.29, 0.717) is 5.69 Å². The molecule has 0 aliphatic carbocycles. The highest BCUT2D eigenvalue weighted by Gasteiger charge is 2.07. The van der Waals surface area contributed by atoms with Crippen LogP contribution in [-0.4, -0.2) is 25.8 Å². The van der Waals surface area contributed by atoms with Crippen molar-refractivity contribution < 1.29 is 13.2 Å². The maximum Gasteiger partial charge on any atom is 0.337 e. The number of amides is 2. The van der Waals surface area contributed by atoms with E-state index in [-0.39, 0.29) is 10.0 Å². The molecular formula is C16H18N4O3S2. The van der Waals surface area contributed by atoms with Crippen molar-refractivity contribution in [2.24, 2.45) is 0 Å². The van der Waals surface area contributed by atoms with Gasteiger partial charge in [0.2, 0.25) is 0 Å². The summed E-state index contributed by atoms with van der Waals surface area (Å²) in [4.78, 5) is 12.0. The highest BCUT2D eigenvalue weighted by molar-refractivity contribution is 7.90. The van der Waals surface area contributed by atoms with Crippen LogP contribution >= 0.6 is 12.2 Å². The molecule has 132 valence electrons. The number of nitrogens with one attached hydrogen (secondary N) is 4. The van der Waals surface area contributed by atoms with Gasteiger partial charge in [-0.25, -0.2) is 18.6 Å².